The summed E-state index contributed by atoms with van der Waals surface area (Å²) < 4.78 is 10.4. The zero-order valence-corrected chi connectivity index (χ0v) is 15.3. The number of hydrogen-bond acceptors (Lipinski definition) is 7. The number of benzene rings is 1. The molecule has 0 atom stereocenters. The van der Waals surface area contributed by atoms with Crippen molar-refractivity contribution in [3.63, 3.8) is 0 Å². The van der Waals surface area contributed by atoms with Crippen molar-refractivity contribution in [1.29, 1.82) is 0 Å². The van der Waals surface area contributed by atoms with Crippen LogP contribution in [0.5, 0.6) is 0 Å². The number of anilines is 1. The van der Waals surface area contributed by atoms with Crippen LogP contribution in [0.4, 0.5) is 5.00 Å². The van der Waals surface area contributed by atoms with E-state index in [9.17, 15) is 9.59 Å². The molecule has 0 bridgehead atoms. The lowest BCUT2D eigenvalue weighted by Crippen LogP contribution is -2.12. The molecule has 0 aliphatic heterocycles. The molecule has 0 aliphatic carbocycles. The maximum Gasteiger partial charge on any atom is 0.341 e. The quantitative estimate of drug-likeness (QED) is 0.687. The van der Waals surface area contributed by atoms with Crippen LogP contribution in [0.2, 0.25) is 0 Å². The average molecular weight is 371 g/mol. The molecule has 1 aromatic carbocycles. The van der Waals surface area contributed by atoms with Gasteiger partial charge in [-0.3, -0.25) is 4.79 Å². The molecule has 2 aromatic heterocycles. The number of hydrogen-bond donors (Lipinski definition) is 1. The van der Waals surface area contributed by atoms with Crippen molar-refractivity contribution in [2.75, 3.05) is 5.32 Å². The minimum Gasteiger partial charge on any atom is -0.452 e. The molecule has 1 N–H and O–H groups in total. The lowest BCUT2D eigenvalue weighted by Gasteiger charge is -2.05. The number of nitrogens with one attached hydrogen (secondary N) is 1. The number of amides is 1. The molecular formula is C18H17N3O4S. The van der Waals surface area contributed by atoms with E-state index in [4.69, 9.17) is 9.26 Å². The standard InChI is InChI=1S/C18H17N3O4S/c1-10-11(2)26-17(19-12(3)22)15(10)18(23)24-9-14-20-16(21-25-14)13-7-5-4-6-8-13/h4-8H,9H2,1-3H3,(H,19,22). The van der Waals surface area contributed by atoms with Crippen molar-refractivity contribution >= 4 is 28.2 Å². The highest BCUT2D eigenvalue weighted by Crippen LogP contribution is 2.33. The fourth-order valence-corrected chi connectivity index (χ4v) is 3.43. The monoisotopic (exact) mass is 371 g/mol. The van der Waals surface area contributed by atoms with Crippen LogP contribution < -0.4 is 5.32 Å². The Hall–Kier alpha value is -3.00. The Kier molecular flexibility index (Phi) is 5.13. The fourth-order valence-electron chi connectivity index (χ4n) is 2.34. The van der Waals surface area contributed by atoms with Gasteiger partial charge in [-0.1, -0.05) is 35.5 Å². The third-order valence-corrected chi connectivity index (χ3v) is 4.83. The van der Waals surface area contributed by atoms with Crippen LogP contribution in [0.1, 0.15) is 33.6 Å². The Morgan fingerprint density at radius 3 is 2.65 bits per heavy atom. The smallest absolute Gasteiger partial charge is 0.341 e. The number of esters is 1. The molecule has 0 unspecified atom stereocenters. The predicted octanol–water partition coefficient (Wildman–Crippen LogP) is 3.73. The first-order valence-corrected chi connectivity index (χ1v) is 8.70. The SMILES string of the molecule is CC(=O)Nc1sc(C)c(C)c1C(=O)OCc1nc(-c2ccccc2)no1. The number of thiophene rings is 1. The molecule has 8 heteroatoms. The second-order valence-corrected chi connectivity index (χ2v) is 6.85. The first-order valence-electron chi connectivity index (χ1n) is 7.88. The molecule has 0 spiro atoms. The normalized spacial score (nSPS) is 10.6. The van der Waals surface area contributed by atoms with Crippen LogP contribution in [-0.4, -0.2) is 22.0 Å². The molecule has 3 aromatic rings. The summed E-state index contributed by atoms with van der Waals surface area (Å²) >= 11 is 1.34. The topological polar surface area (TPSA) is 94.3 Å². The van der Waals surface area contributed by atoms with Crippen LogP contribution in [0, 0.1) is 13.8 Å². The summed E-state index contributed by atoms with van der Waals surface area (Å²) in [5.74, 6) is -0.166. The lowest BCUT2D eigenvalue weighted by molar-refractivity contribution is -0.114. The van der Waals surface area contributed by atoms with Crippen molar-refractivity contribution in [2.45, 2.75) is 27.4 Å². The highest BCUT2D eigenvalue weighted by atomic mass is 32.1. The van der Waals surface area contributed by atoms with Crippen molar-refractivity contribution in [3.05, 3.63) is 52.2 Å². The van der Waals surface area contributed by atoms with Crippen molar-refractivity contribution in [2.24, 2.45) is 0 Å². The van der Waals surface area contributed by atoms with Gasteiger partial charge in [-0.15, -0.1) is 11.3 Å². The van der Waals surface area contributed by atoms with Gasteiger partial charge < -0.3 is 14.6 Å². The summed E-state index contributed by atoms with van der Waals surface area (Å²) in [7, 11) is 0. The second-order valence-electron chi connectivity index (χ2n) is 5.62. The Balaban J connectivity index is 1.72. The molecule has 2 heterocycles. The van der Waals surface area contributed by atoms with Gasteiger partial charge in [0.05, 0.1) is 5.56 Å². The molecule has 0 saturated carbocycles. The van der Waals surface area contributed by atoms with E-state index in [0.717, 1.165) is 16.0 Å². The van der Waals surface area contributed by atoms with Crippen molar-refractivity contribution in [1.82, 2.24) is 10.1 Å². The Labute approximate surface area is 154 Å². The number of aromatic nitrogens is 2. The van der Waals surface area contributed by atoms with Crippen LogP contribution >= 0.6 is 11.3 Å². The van der Waals surface area contributed by atoms with Gasteiger partial charge in [-0.2, -0.15) is 4.98 Å². The Bertz CT molecular complexity index is 947. The largest absolute Gasteiger partial charge is 0.452 e. The van der Waals surface area contributed by atoms with Crippen LogP contribution in [0.25, 0.3) is 11.4 Å². The van der Waals surface area contributed by atoms with E-state index in [0.29, 0.717) is 16.4 Å². The van der Waals surface area contributed by atoms with Gasteiger partial charge in [0.2, 0.25) is 11.7 Å². The fraction of sp³-hybridized carbons (Fsp3) is 0.222. The van der Waals surface area contributed by atoms with Gasteiger partial charge in [0.15, 0.2) is 6.61 Å². The van der Waals surface area contributed by atoms with E-state index in [1.807, 2.05) is 44.2 Å². The van der Waals surface area contributed by atoms with Crippen molar-refractivity contribution < 1.29 is 18.8 Å². The maximum absolute atomic E-state index is 12.5. The molecule has 7 nitrogen and oxygen atoms in total. The molecule has 0 aliphatic rings. The van der Waals surface area contributed by atoms with E-state index in [1.165, 1.54) is 18.3 Å². The molecule has 0 fully saturated rings. The molecule has 0 radical (unpaired) electrons. The number of aryl methyl sites for hydroxylation is 1. The van der Waals surface area contributed by atoms with E-state index in [2.05, 4.69) is 15.5 Å². The van der Waals surface area contributed by atoms with Crippen molar-refractivity contribution in [3.8, 4) is 11.4 Å². The summed E-state index contributed by atoms with van der Waals surface area (Å²) in [5, 5.41) is 7.03. The first kappa shape index (κ1) is 17.8. The minimum absolute atomic E-state index is 0.146. The molecular weight excluding hydrogens is 354 g/mol. The Morgan fingerprint density at radius 2 is 1.96 bits per heavy atom. The third-order valence-electron chi connectivity index (χ3n) is 3.71. The van der Waals surface area contributed by atoms with E-state index >= 15 is 0 Å². The number of nitrogens with zero attached hydrogens (tertiary/aromatic N) is 2. The molecule has 3 rings (SSSR count). The molecule has 134 valence electrons. The van der Waals surface area contributed by atoms with Gasteiger partial charge in [-0.05, 0) is 19.4 Å². The summed E-state index contributed by atoms with van der Waals surface area (Å²) in [6.45, 7) is 4.94. The average Bonchev–Trinajstić information content (AvgIpc) is 3.19. The summed E-state index contributed by atoms with van der Waals surface area (Å²) in [5.41, 5.74) is 1.94. The van der Waals surface area contributed by atoms with Gasteiger partial charge in [0.1, 0.15) is 5.00 Å². The van der Waals surface area contributed by atoms with Gasteiger partial charge in [-0.25, -0.2) is 4.79 Å². The molecule has 26 heavy (non-hydrogen) atoms. The highest BCUT2D eigenvalue weighted by Gasteiger charge is 2.22. The van der Waals surface area contributed by atoms with E-state index in [-0.39, 0.29) is 18.4 Å². The summed E-state index contributed by atoms with van der Waals surface area (Å²) in [6.07, 6.45) is 0. The molecule has 0 saturated heterocycles. The first-order chi connectivity index (χ1) is 12.5. The number of ether oxygens (including phenoxy) is 1. The van der Waals surface area contributed by atoms with Gasteiger partial charge >= 0.3 is 5.97 Å². The zero-order valence-electron chi connectivity index (χ0n) is 14.5. The van der Waals surface area contributed by atoms with Crippen LogP contribution in [-0.2, 0) is 16.1 Å². The van der Waals surface area contributed by atoms with E-state index < -0.39 is 5.97 Å². The number of carbonyl (C=O) groups is 2. The van der Waals surface area contributed by atoms with Gasteiger partial charge in [0, 0.05) is 17.4 Å². The van der Waals surface area contributed by atoms with E-state index in [1.54, 1.807) is 0 Å². The zero-order chi connectivity index (χ0) is 18.7. The second kappa shape index (κ2) is 7.49. The highest BCUT2D eigenvalue weighted by molar-refractivity contribution is 7.16. The minimum atomic E-state index is -0.546. The Morgan fingerprint density at radius 1 is 1.23 bits per heavy atom. The predicted molar refractivity (Wildman–Crippen MR) is 97.0 cm³/mol. The lowest BCUT2D eigenvalue weighted by atomic mass is 10.1. The third kappa shape index (κ3) is 3.80. The number of rotatable bonds is 5. The summed E-state index contributed by atoms with van der Waals surface area (Å²) in [6, 6.07) is 9.35. The summed E-state index contributed by atoms with van der Waals surface area (Å²) in [4.78, 5) is 29.0. The van der Waals surface area contributed by atoms with Crippen LogP contribution in [0.15, 0.2) is 34.9 Å². The maximum atomic E-state index is 12.5. The molecule has 1 amide bonds. The van der Waals surface area contributed by atoms with Gasteiger partial charge in [0.25, 0.3) is 5.89 Å². The number of carbonyl (C=O) groups excluding carboxylic acids is 2. The van der Waals surface area contributed by atoms with Crippen LogP contribution in [0.3, 0.4) is 0 Å².